The van der Waals surface area contributed by atoms with Crippen molar-refractivity contribution >= 4 is 27.5 Å². The van der Waals surface area contributed by atoms with Crippen LogP contribution in [0.15, 0.2) is 12.4 Å². The highest BCUT2D eigenvalue weighted by molar-refractivity contribution is 9.09. The van der Waals surface area contributed by atoms with E-state index >= 15 is 0 Å². The number of nitrogens with one attached hydrogen (secondary N) is 1. The predicted molar refractivity (Wildman–Crippen MR) is 55.2 cm³/mol. The number of anilines is 1. The largest absolute Gasteiger partial charge is 0.382 e. The third-order valence-corrected chi connectivity index (χ3v) is 2.08. The van der Waals surface area contributed by atoms with E-state index in [1.54, 1.807) is 6.07 Å². The lowest BCUT2D eigenvalue weighted by molar-refractivity contribution is -0.122. The summed E-state index contributed by atoms with van der Waals surface area (Å²) in [4.78, 5) is 18.5. The van der Waals surface area contributed by atoms with Gasteiger partial charge in [-0.15, -0.1) is 0 Å². The first kappa shape index (κ1) is 11.6. The van der Waals surface area contributed by atoms with Crippen LogP contribution in [0.1, 0.15) is 5.82 Å². The quantitative estimate of drug-likeness (QED) is 0.756. The molecule has 1 aromatic heterocycles. The minimum absolute atomic E-state index is 0.0223. The Morgan fingerprint density at radius 3 is 2.73 bits per heavy atom. The molecule has 0 aliphatic rings. The topological polar surface area (TPSA) is 98.9 Å². The number of amides is 1. The van der Waals surface area contributed by atoms with Gasteiger partial charge in [0.25, 0.3) is 5.91 Å². The fourth-order valence-corrected chi connectivity index (χ4v) is 1.04. The zero-order valence-electron chi connectivity index (χ0n) is 7.51. The van der Waals surface area contributed by atoms with Crippen LogP contribution >= 0.6 is 15.9 Å². The van der Waals surface area contributed by atoms with Gasteiger partial charge in [0.2, 0.25) is 5.82 Å². The molecule has 0 radical (unpaired) electrons. The Kier molecular flexibility index (Phi) is 4.15. The lowest BCUT2D eigenvalue weighted by Gasteiger charge is -2.07. The van der Waals surface area contributed by atoms with E-state index in [9.17, 15) is 4.79 Å². The van der Waals surface area contributed by atoms with Crippen LogP contribution in [-0.4, -0.2) is 32.4 Å². The molecule has 0 unspecified atom stereocenters. The molecule has 15 heavy (non-hydrogen) atoms. The normalized spacial score (nSPS) is 11.5. The van der Waals surface area contributed by atoms with E-state index < -0.39 is 12.0 Å². The zero-order valence-corrected chi connectivity index (χ0v) is 9.10. The summed E-state index contributed by atoms with van der Waals surface area (Å²) in [7, 11) is 0. The number of carbonyl (C=O) groups excluding carboxylic acids is 1. The van der Waals surface area contributed by atoms with Crippen molar-refractivity contribution in [3.8, 4) is 6.07 Å². The smallest absolute Gasteiger partial charge is 0.254 e. The van der Waals surface area contributed by atoms with Crippen LogP contribution in [0.2, 0.25) is 0 Å². The standard InChI is InChI=1S/C8H7BrN4O2/c9-1-6(14)8(15)13-5-3-11-7(2-10)12-4-5/h3-4,6,14H,1H2,(H,13,15)/t6-/m0/s1. The Hall–Kier alpha value is -1.52. The van der Waals surface area contributed by atoms with Gasteiger partial charge in [0.05, 0.1) is 18.1 Å². The third-order valence-electron chi connectivity index (χ3n) is 1.47. The summed E-state index contributed by atoms with van der Waals surface area (Å²) in [5.74, 6) is -0.533. The minimum Gasteiger partial charge on any atom is -0.382 e. The lowest BCUT2D eigenvalue weighted by atomic mass is 10.3. The van der Waals surface area contributed by atoms with E-state index in [2.05, 4.69) is 31.2 Å². The summed E-state index contributed by atoms with van der Waals surface area (Å²) in [6.45, 7) is 0. The Balaban J connectivity index is 2.66. The molecule has 1 aromatic rings. The maximum atomic E-state index is 11.2. The zero-order chi connectivity index (χ0) is 11.3. The summed E-state index contributed by atoms with van der Waals surface area (Å²) in [6, 6.07) is 1.75. The Morgan fingerprint density at radius 2 is 2.27 bits per heavy atom. The molecule has 0 spiro atoms. The fourth-order valence-electron chi connectivity index (χ4n) is 0.746. The maximum Gasteiger partial charge on any atom is 0.254 e. The number of rotatable bonds is 3. The molecule has 78 valence electrons. The number of hydrogen-bond acceptors (Lipinski definition) is 5. The molecule has 0 aromatic carbocycles. The average molecular weight is 271 g/mol. The van der Waals surface area contributed by atoms with Crippen LogP contribution in [0.5, 0.6) is 0 Å². The Morgan fingerprint density at radius 1 is 1.67 bits per heavy atom. The van der Waals surface area contributed by atoms with Crippen molar-refractivity contribution in [3.05, 3.63) is 18.2 Å². The van der Waals surface area contributed by atoms with Gasteiger partial charge in [-0.3, -0.25) is 4.79 Å². The van der Waals surface area contributed by atoms with Crippen molar-refractivity contribution in [1.82, 2.24) is 9.97 Å². The number of nitriles is 1. The number of aromatic nitrogens is 2. The van der Waals surface area contributed by atoms with Crippen molar-refractivity contribution < 1.29 is 9.90 Å². The number of aliphatic hydroxyl groups excluding tert-OH is 1. The van der Waals surface area contributed by atoms with Gasteiger partial charge in [-0.05, 0) is 0 Å². The highest BCUT2D eigenvalue weighted by Crippen LogP contribution is 2.03. The fraction of sp³-hybridized carbons (Fsp3) is 0.250. The molecule has 0 bridgehead atoms. The number of alkyl halides is 1. The monoisotopic (exact) mass is 270 g/mol. The Bertz CT molecular complexity index is 387. The van der Waals surface area contributed by atoms with Crippen molar-refractivity contribution in [2.24, 2.45) is 0 Å². The molecule has 6 nitrogen and oxygen atoms in total. The number of halogens is 1. The highest BCUT2D eigenvalue weighted by Gasteiger charge is 2.13. The number of hydrogen-bond donors (Lipinski definition) is 2. The second kappa shape index (κ2) is 5.38. The van der Waals surface area contributed by atoms with Crippen LogP contribution in [0.4, 0.5) is 5.69 Å². The highest BCUT2D eigenvalue weighted by atomic mass is 79.9. The molecule has 1 amide bonds. The summed E-state index contributed by atoms with van der Waals surface area (Å²) in [6.07, 6.45) is 1.47. The molecule has 7 heteroatoms. The summed E-state index contributed by atoms with van der Waals surface area (Å²) in [5, 5.41) is 20.1. The van der Waals surface area contributed by atoms with Gasteiger partial charge >= 0.3 is 0 Å². The number of carbonyl (C=O) groups is 1. The summed E-state index contributed by atoms with van der Waals surface area (Å²) >= 11 is 2.97. The first-order chi connectivity index (χ1) is 7.17. The first-order valence-electron chi connectivity index (χ1n) is 3.94. The van der Waals surface area contributed by atoms with Crippen LogP contribution in [0.25, 0.3) is 0 Å². The average Bonchev–Trinajstić information content (AvgIpc) is 2.29. The molecule has 0 fully saturated rings. The van der Waals surface area contributed by atoms with Crippen molar-refractivity contribution in [2.75, 3.05) is 10.6 Å². The van der Waals surface area contributed by atoms with Gasteiger partial charge in [0.1, 0.15) is 12.2 Å². The van der Waals surface area contributed by atoms with Gasteiger partial charge in [-0.25, -0.2) is 9.97 Å². The second-order valence-corrected chi connectivity index (χ2v) is 3.21. The van der Waals surface area contributed by atoms with E-state index in [0.717, 1.165) is 0 Å². The SMILES string of the molecule is N#Cc1ncc(NC(=O)[C@@H](O)CBr)cn1. The molecule has 2 N–H and O–H groups in total. The number of nitrogens with zero attached hydrogens (tertiary/aromatic N) is 3. The molecule has 1 atom stereocenters. The second-order valence-electron chi connectivity index (χ2n) is 2.57. The van der Waals surface area contributed by atoms with Gasteiger partial charge in [0, 0.05) is 5.33 Å². The number of aliphatic hydroxyl groups is 1. The third kappa shape index (κ3) is 3.27. The summed E-state index contributed by atoms with van der Waals surface area (Å²) < 4.78 is 0. The van der Waals surface area contributed by atoms with Gasteiger partial charge < -0.3 is 10.4 Å². The minimum atomic E-state index is -1.12. The molecule has 0 saturated carbocycles. The van der Waals surface area contributed by atoms with Crippen LogP contribution in [-0.2, 0) is 4.79 Å². The molecular formula is C8H7BrN4O2. The Labute approximate surface area is 94.1 Å². The molecule has 1 heterocycles. The lowest BCUT2D eigenvalue weighted by Crippen LogP contribution is -2.28. The van der Waals surface area contributed by atoms with E-state index in [4.69, 9.17) is 10.4 Å². The van der Waals surface area contributed by atoms with Crippen molar-refractivity contribution in [1.29, 1.82) is 5.26 Å². The molecule has 0 aliphatic heterocycles. The van der Waals surface area contributed by atoms with Gasteiger partial charge in [-0.2, -0.15) is 5.26 Å². The van der Waals surface area contributed by atoms with Gasteiger partial charge in [0.15, 0.2) is 0 Å². The van der Waals surface area contributed by atoms with Gasteiger partial charge in [-0.1, -0.05) is 15.9 Å². The van der Waals surface area contributed by atoms with Crippen molar-refractivity contribution in [2.45, 2.75) is 6.10 Å². The maximum absolute atomic E-state index is 11.2. The summed E-state index contributed by atoms with van der Waals surface area (Å²) in [5.41, 5.74) is 0.332. The first-order valence-corrected chi connectivity index (χ1v) is 5.06. The van der Waals surface area contributed by atoms with Crippen LogP contribution in [0, 0.1) is 11.3 Å². The van der Waals surface area contributed by atoms with E-state index in [1.807, 2.05) is 0 Å². The molecule has 0 saturated heterocycles. The molecule has 0 aliphatic carbocycles. The van der Waals surface area contributed by atoms with Crippen LogP contribution < -0.4 is 5.32 Å². The molecular weight excluding hydrogens is 264 g/mol. The van der Waals surface area contributed by atoms with Crippen molar-refractivity contribution in [3.63, 3.8) is 0 Å². The van der Waals surface area contributed by atoms with E-state index in [1.165, 1.54) is 12.4 Å². The van der Waals surface area contributed by atoms with E-state index in [-0.39, 0.29) is 11.2 Å². The van der Waals surface area contributed by atoms with E-state index in [0.29, 0.717) is 5.69 Å². The van der Waals surface area contributed by atoms with Crippen LogP contribution in [0.3, 0.4) is 0 Å². The predicted octanol–water partition coefficient (Wildman–Crippen LogP) is 0.0426. The molecule has 1 rings (SSSR count).